The molecule has 0 saturated heterocycles. The molecule has 0 aliphatic rings. The van der Waals surface area contributed by atoms with Crippen molar-refractivity contribution >= 4 is 48.6 Å². The molecule has 0 aliphatic carbocycles. The van der Waals surface area contributed by atoms with Crippen molar-refractivity contribution in [3.63, 3.8) is 0 Å². The number of anilines is 2. The normalized spacial score (nSPS) is 7.00. The van der Waals surface area contributed by atoms with Gasteiger partial charge in [-0.1, -0.05) is 26.0 Å². The molecule has 2 nitrogen and oxygen atoms in total. The minimum atomic E-state index is 0.646. The Morgan fingerprint density at radius 2 is 1.17 bits per heavy atom. The van der Waals surface area contributed by atoms with Gasteiger partial charge in [-0.15, -0.1) is 0 Å². The number of para-hydroxylation sites is 2. The summed E-state index contributed by atoms with van der Waals surface area (Å²) in [6.07, 6.45) is 0. The lowest BCUT2D eigenvalue weighted by molar-refractivity contribution is 1.50. The second kappa shape index (κ2) is 11.3. The van der Waals surface area contributed by atoms with Crippen LogP contribution in [0.15, 0.2) is 24.3 Å². The first-order valence-electron chi connectivity index (χ1n) is 3.55. The fourth-order valence-electron chi connectivity index (χ4n) is 0.511. The third-order valence-corrected chi connectivity index (χ3v) is 0.996. The van der Waals surface area contributed by atoms with Gasteiger partial charge in [0.2, 0.25) is 0 Å². The highest BCUT2D eigenvalue weighted by molar-refractivity contribution is 15.0. The van der Waals surface area contributed by atoms with Crippen LogP contribution in [-0.4, -0.2) is 0 Å². The highest BCUT2D eigenvalue weighted by atomic mass is 128. The van der Waals surface area contributed by atoms with E-state index in [1.54, 1.807) is 12.1 Å². The second-order valence-electron chi connectivity index (χ2n) is 1.63. The molecule has 4 heteroatoms. The van der Waals surface area contributed by atoms with E-state index in [-0.39, 0.29) is 0 Å². The highest BCUT2D eigenvalue weighted by Crippen LogP contribution is 2.10. The van der Waals surface area contributed by atoms with Crippen LogP contribution in [0.25, 0.3) is 0 Å². The molecule has 0 amide bonds. The van der Waals surface area contributed by atoms with Gasteiger partial charge in [0.25, 0.3) is 0 Å². The van der Waals surface area contributed by atoms with E-state index in [1.807, 2.05) is 26.0 Å². The summed E-state index contributed by atoms with van der Waals surface area (Å²) in [6, 6.07) is 7.25. The lowest BCUT2D eigenvalue weighted by Gasteiger charge is -1.94. The molecule has 0 bridgehead atoms. The van der Waals surface area contributed by atoms with Crippen LogP contribution in [0.1, 0.15) is 13.8 Å². The fraction of sp³-hybridized carbons (Fsp3) is 0.250. The molecule has 0 heterocycles. The van der Waals surface area contributed by atoms with Gasteiger partial charge >= 0.3 is 0 Å². The first-order valence-corrected chi connectivity index (χ1v) is 9.83. The summed E-state index contributed by atoms with van der Waals surface area (Å²) in [4.78, 5) is 0. The second-order valence-corrected chi connectivity index (χ2v) is 1.63. The van der Waals surface area contributed by atoms with Crippen LogP contribution in [-0.2, 0) is 0 Å². The molecule has 0 spiro atoms. The zero-order valence-corrected chi connectivity index (χ0v) is 11.5. The van der Waals surface area contributed by atoms with Crippen LogP contribution < -0.4 is 11.5 Å². The predicted octanol–water partition coefficient (Wildman–Crippen LogP) is 3.65. The number of halogens is 2. The van der Waals surface area contributed by atoms with E-state index in [2.05, 4.69) is 37.2 Å². The maximum atomic E-state index is 5.39. The predicted molar refractivity (Wildman–Crippen MR) is 74.7 cm³/mol. The zero-order valence-electron chi connectivity index (χ0n) is 7.22. The van der Waals surface area contributed by atoms with E-state index < -0.39 is 0 Å². The topological polar surface area (TPSA) is 52.0 Å². The Balaban J connectivity index is 0. The number of hydrogen-bond acceptors (Lipinski definition) is 2. The van der Waals surface area contributed by atoms with Crippen molar-refractivity contribution in [3.05, 3.63) is 24.3 Å². The maximum Gasteiger partial charge on any atom is 0.0547 e. The Labute approximate surface area is 97.4 Å². The molecule has 0 unspecified atom stereocenters. The Kier molecular flexibility index (Phi) is 13.9. The number of rotatable bonds is 0. The first-order chi connectivity index (χ1) is 5.80. The smallest absolute Gasteiger partial charge is 0.0547 e. The van der Waals surface area contributed by atoms with Gasteiger partial charge in [-0.05, 0) is 12.1 Å². The fourth-order valence-corrected chi connectivity index (χ4v) is 0.511. The SMILES string of the molecule is CC.II.Nc1ccccc1N. The molecule has 12 heavy (non-hydrogen) atoms. The molecule has 0 saturated carbocycles. The maximum absolute atomic E-state index is 5.39. The number of benzene rings is 1. The van der Waals surface area contributed by atoms with Gasteiger partial charge in [-0.3, -0.25) is 0 Å². The lowest BCUT2D eigenvalue weighted by Crippen LogP contribution is -1.91. The largest absolute Gasteiger partial charge is 0.397 e. The molecule has 0 aliphatic heterocycles. The quantitative estimate of drug-likeness (QED) is 0.524. The molecule has 1 aromatic rings. The Hall–Kier alpha value is 0.280. The molecule has 1 rings (SSSR count). The minimum Gasteiger partial charge on any atom is -0.397 e. The summed E-state index contributed by atoms with van der Waals surface area (Å²) in [5, 5.41) is 0. The minimum absolute atomic E-state index is 0.646. The molecule has 1 aromatic carbocycles. The molecule has 0 fully saturated rings. The van der Waals surface area contributed by atoms with Crippen molar-refractivity contribution in [1.29, 1.82) is 0 Å². The Morgan fingerprint density at radius 3 is 1.33 bits per heavy atom. The van der Waals surface area contributed by atoms with Gasteiger partial charge in [-0.25, -0.2) is 0 Å². The van der Waals surface area contributed by atoms with Crippen LogP contribution in [0.5, 0.6) is 0 Å². The van der Waals surface area contributed by atoms with Crippen LogP contribution in [0.4, 0.5) is 11.4 Å². The summed E-state index contributed by atoms with van der Waals surface area (Å²) in [7, 11) is 0. The van der Waals surface area contributed by atoms with Crippen molar-refractivity contribution in [1.82, 2.24) is 0 Å². The first kappa shape index (κ1) is 14.8. The van der Waals surface area contributed by atoms with E-state index in [1.165, 1.54) is 0 Å². The Bertz CT molecular complexity index is 171. The van der Waals surface area contributed by atoms with Gasteiger partial charge in [-0.2, -0.15) is 0 Å². The third-order valence-electron chi connectivity index (χ3n) is 0.996. The van der Waals surface area contributed by atoms with Gasteiger partial charge in [0.1, 0.15) is 0 Å². The van der Waals surface area contributed by atoms with Crippen LogP contribution in [0, 0.1) is 0 Å². The molecule has 70 valence electrons. The van der Waals surface area contributed by atoms with Crippen LogP contribution in [0.3, 0.4) is 0 Å². The summed E-state index contributed by atoms with van der Waals surface area (Å²) < 4.78 is 0. The average molecular weight is 392 g/mol. The standard InChI is InChI=1S/C6H8N2.C2H6.I2/c7-5-3-1-2-4-6(5)8;2*1-2/h1-4H,7-8H2;1-2H3;. The highest BCUT2D eigenvalue weighted by Gasteiger charge is 1.85. The van der Waals surface area contributed by atoms with Crippen molar-refractivity contribution in [3.8, 4) is 0 Å². The van der Waals surface area contributed by atoms with Crippen LogP contribution in [0.2, 0.25) is 0 Å². The summed E-state index contributed by atoms with van der Waals surface area (Å²) in [5.74, 6) is 0. The molecule has 0 radical (unpaired) electrons. The van der Waals surface area contributed by atoms with E-state index in [9.17, 15) is 0 Å². The number of nitrogens with two attached hydrogens (primary N) is 2. The van der Waals surface area contributed by atoms with Crippen molar-refractivity contribution in [2.75, 3.05) is 11.5 Å². The van der Waals surface area contributed by atoms with Crippen molar-refractivity contribution < 1.29 is 0 Å². The third kappa shape index (κ3) is 6.96. The van der Waals surface area contributed by atoms with E-state index in [4.69, 9.17) is 11.5 Å². The average Bonchev–Trinajstić information content (AvgIpc) is 2.17. The zero-order chi connectivity index (χ0) is 9.98. The van der Waals surface area contributed by atoms with Crippen LogP contribution >= 0.6 is 37.2 Å². The van der Waals surface area contributed by atoms with E-state index >= 15 is 0 Å². The monoisotopic (exact) mass is 392 g/mol. The summed E-state index contributed by atoms with van der Waals surface area (Å²) in [6.45, 7) is 4.00. The molecule has 0 aromatic heterocycles. The van der Waals surface area contributed by atoms with Gasteiger partial charge in [0, 0.05) is 37.2 Å². The van der Waals surface area contributed by atoms with Crippen molar-refractivity contribution in [2.45, 2.75) is 13.8 Å². The Morgan fingerprint density at radius 1 is 0.917 bits per heavy atom. The van der Waals surface area contributed by atoms with Gasteiger partial charge < -0.3 is 11.5 Å². The lowest BCUT2D eigenvalue weighted by atomic mass is 10.3. The molecule has 4 N–H and O–H groups in total. The van der Waals surface area contributed by atoms with E-state index in [0.717, 1.165) is 0 Å². The van der Waals surface area contributed by atoms with Gasteiger partial charge in [0.05, 0.1) is 11.4 Å². The summed E-state index contributed by atoms with van der Waals surface area (Å²) in [5.41, 5.74) is 12.1. The van der Waals surface area contributed by atoms with Crippen molar-refractivity contribution in [2.24, 2.45) is 0 Å². The number of nitrogen functional groups attached to an aromatic ring is 2. The van der Waals surface area contributed by atoms with Gasteiger partial charge in [0.15, 0.2) is 0 Å². The summed E-state index contributed by atoms with van der Waals surface area (Å²) >= 11 is 4.24. The number of hydrogen-bond donors (Lipinski definition) is 2. The molecule has 0 atom stereocenters. The molecular weight excluding hydrogens is 378 g/mol. The van der Waals surface area contributed by atoms with E-state index in [0.29, 0.717) is 11.4 Å². The molecular formula is C8H14I2N2.